The molecule has 0 bridgehead atoms. The normalized spacial score (nSPS) is 11.8. The van der Waals surface area contributed by atoms with E-state index in [1.165, 1.54) is 0 Å². The topological polar surface area (TPSA) is 78.4 Å². The molecule has 0 aliphatic rings. The van der Waals surface area contributed by atoms with Gasteiger partial charge in [0.25, 0.3) is 5.91 Å². The summed E-state index contributed by atoms with van der Waals surface area (Å²) < 4.78 is 25.6. The summed E-state index contributed by atoms with van der Waals surface area (Å²) >= 11 is 0. The maximum absolute atomic E-state index is 12.9. The number of aliphatic hydroxyl groups is 1. The molecule has 110 valence electrons. The van der Waals surface area contributed by atoms with Crippen LogP contribution in [0, 0.1) is 11.6 Å². The minimum atomic E-state index is -1.13. The third-order valence-corrected chi connectivity index (χ3v) is 2.48. The molecule has 20 heavy (non-hydrogen) atoms. The van der Waals surface area contributed by atoms with Crippen LogP contribution in [0.4, 0.5) is 8.78 Å². The fourth-order valence-electron chi connectivity index (χ4n) is 1.38. The third kappa shape index (κ3) is 5.31. The number of benzene rings is 1. The zero-order valence-corrected chi connectivity index (χ0v) is 11.0. The Morgan fingerprint density at radius 2 is 1.95 bits per heavy atom. The predicted octanol–water partition coefficient (Wildman–Crippen LogP) is 0.582. The lowest BCUT2D eigenvalue weighted by Gasteiger charge is -2.08. The summed E-state index contributed by atoms with van der Waals surface area (Å²) in [5, 5.41) is 13.8. The summed E-state index contributed by atoms with van der Waals surface area (Å²) in [6.45, 7) is 1.60. The minimum Gasteiger partial charge on any atom is -0.393 e. The van der Waals surface area contributed by atoms with E-state index >= 15 is 0 Å². The molecule has 0 saturated carbocycles. The fraction of sp³-hybridized carbons (Fsp3) is 0.385. The van der Waals surface area contributed by atoms with Gasteiger partial charge in [-0.1, -0.05) is 0 Å². The summed E-state index contributed by atoms with van der Waals surface area (Å²) in [5.41, 5.74) is -0.0688. The van der Waals surface area contributed by atoms with Crippen molar-refractivity contribution < 1.29 is 23.5 Å². The van der Waals surface area contributed by atoms with E-state index in [1.54, 1.807) is 6.92 Å². The highest BCUT2D eigenvalue weighted by molar-refractivity contribution is 5.96. The molecule has 0 aromatic heterocycles. The average molecular weight is 286 g/mol. The number of hydrogen-bond donors (Lipinski definition) is 3. The van der Waals surface area contributed by atoms with Crippen LogP contribution in [0.3, 0.4) is 0 Å². The number of rotatable bonds is 6. The van der Waals surface area contributed by atoms with Gasteiger partial charge < -0.3 is 15.7 Å². The van der Waals surface area contributed by atoms with Gasteiger partial charge in [-0.25, -0.2) is 8.78 Å². The van der Waals surface area contributed by atoms with E-state index in [-0.39, 0.29) is 18.7 Å². The van der Waals surface area contributed by atoms with Gasteiger partial charge in [-0.05, 0) is 31.5 Å². The number of amides is 2. The number of aliphatic hydroxyl groups excluding tert-OH is 1. The molecule has 2 amide bonds. The van der Waals surface area contributed by atoms with Gasteiger partial charge in [-0.3, -0.25) is 9.59 Å². The summed E-state index contributed by atoms with van der Waals surface area (Å²) in [6, 6.07) is 2.72. The molecule has 1 unspecified atom stereocenters. The Labute approximate surface area is 115 Å². The first-order valence-corrected chi connectivity index (χ1v) is 6.08. The van der Waals surface area contributed by atoms with Crippen molar-refractivity contribution in [2.75, 3.05) is 13.1 Å². The molecule has 0 heterocycles. The minimum absolute atomic E-state index is 0.0688. The Kier molecular flexibility index (Phi) is 6.05. The molecule has 0 radical (unpaired) electrons. The first kappa shape index (κ1) is 16.0. The van der Waals surface area contributed by atoms with E-state index in [1.807, 2.05) is 0 Å². The Hall–Kier alpha value is -2.02. The summed E-state index contributed by atoms with van der Waals surface area (Å²) in [4.78, 5) is 22.9. The monoisotopic (exact) mass is 286 g/mol. The standard InChI is InChI=1S/C13H16F2N2O3/c1-8(18)4-5-16-12(19)7-17-13(20)9-2-3-10(14)11(15)6-9/h2-3,6,8,18H,4-5,7H2,1H3,(H,16,19)(H,17,20). The maximum Gasteiger partial charge on any atom is 0.251 e. The van der Waals surface area contributed by atoms with Crippen molar-refractivity contribution in [3.05, 3.63) is 35.4 Å². The molecule has 1 aromatic carbocycles. The molecular formula is C13H16F2N2O3. The van der Waals surface area contributed by atoms with Crippen LogP contribution < -0.4 is 10.6 Å². The Morgan fingerprint density at radius 3 is 2.55 bits per heavy atom. The van der Waals surface area contributed by atoms with Gasteiger partial charge in [0.15, 0.2) is 11.6 Å². The third-order valence-electron chi connectivity index (χ3n) is 2.48. The Bertz CT molecular complexity index is 493. The van der Waals surface area contributed by atoms with Gasteiger partial charge in [0.2, 0.25) is 5.91 Å². The molecule has 1 atom stereocenters. The molecule has 0 aliphatic heterocycles. The van der Waals surface area contributed by atoms with Crippen molar-refractivity contribution in [1.82, 2.24) is 10.6 Å². The average Bonchev–Trinajstić information content (AvgIpc) is 2.38. The van der Waals surface area contributed by atoms with Crippen molar-refractivity contribution in [2.24, 2.45) is 0 Å². The molecule has 0 spiro atoms. The highest BCUT2D eigenvalue weighted by Crippen LogP contribution is 2.08. The zero-order valence-electron chi connectivity index (χ0n) is 11.0. The number of carbonyl (C=O) groups excluding carboxylic acids is 2. The van der Waals surface area contributed by atoms with Crippen LogP contribution in [0.15, 0.2) is 18.2 Å². The van der Waals surface area contributed by atoms with Crippen LogP contribution in [0.1, 0.15) is 23.7 Å². The number of halogens is 2. The van der Waals surface area contributed by atoms with Gasteiger partial charge in [-0.15, -0.1) is 0 Å². The Morgan fingerprint density at radius 1 is 1.25 bits per heavy atom. The number of nitrogens with one attached hydrogen (secondary N) is 2. The quantitative estimate of drug-likeness (QED) is 0.716. The molecular weight excluding hydrogens is 270 g/mol. The van der Waals surface area contributed by atoms with E-state index in [4.69, 9.17) is 5.11 Å². The number of carbonyl (C=O) groups is 2. The van der Waals surface area contributed by atoms with Crippen molar-refractivity contribution in [1.29, 1.82) is 0 Å². The molecule has 0 aliphatic carbocycles. The second kappa shape index (κ2) is 7.54. The van der Waals surface area contributed by atoms with E-state index in [2.05, 4.69) is 10.6 Å². The molecule has 7 heteroatoms. The largest absolute Gasteiger partial charge is 0.393 e. The van der Waals surface area contributed by atoms with Gasteiger partial charge in [0, 0.05) is 12.1 Å². The lowest BCUT2D eigenvalue weighted by Crippen LogP contribution is -2.37. The van der Waals surface area contributed by atoms with Crippen LogP contribution >= 0.6 is 0 Å². The second-order valence-corrected chi connectivity index (χ2v) is 4.30. The second-order valence-electron chi connectivity index (χ2n) is 4.30. The summed E-state index contributed by atoms with van der Waals surface area (Å²) in [5.74, 6) is -3.27. The van der Waals surface area contributed by atoms with Crippen molar-refractivity contribution in [3.63, 3.8) is 0 Å². The Balaban J connectivity index is 2.39. The molecule has 1 aromatic rings. The number of hydrogen-bond acceptors (Lipinski definition) is 3. The molecule has 3 N–H and O–H groups in total. The fourth-order valence-corrected chi connectivity index (χ4v) is 1.38. The van der Waals surface area contributed by atoms with Crippen LogP contribution in [-0.4, -0.2) is 36.1 Å². The summed E-state index contributed by atoms with van der Waals surface area (Å²) in [7, 11) is 0. The van der Waals surface area contributed by atoms with E-state index < -0.39 is 29.6 Å². The van der Waals surface area contributed by atoms with Crippen LogP contribution in [-0.2, 0) is 4.79 Å². The van der Waals surface area contributed by atoms with Crippen LogP contribution in [0.25, 0.3) is 0 Å². The van der Waals surface area contributed by atoms with E-state index in [0.29, 0.717) is 6.42 Å². The van der Waals surface area contributed by atoms with E-state index in [9.17, 15) is 18.4 Å². The lowest BCUT2D eigenvalue weighted by atomic mass is 10.2. The molecule has 0 saturated heterocycles. The SMILES string of the molecule is CC(O)CCNC(=O)CNC(=O)c1ccc(F)c(F)c1. The van der Waals surface area contributed by atoms with Gasteiger partial charge in [0.1, 0.15) is 0 Å². The highest BCUT2D eigenvalue weighted by Gasteiger charge is 2.10. The van der Waals surface area contributed by atoms with Gasteiger partial charge in [-0.2, -0.15) is 0 Å². The smallest absolute Gasteiger partial charge is 0.251 e. The first-order valence-electron chi connectivity index (χ1n) is 6.08. The van der Waals surface area contributed by atoms with Gasteiger partial charge >= 0.3 is 0 Å². The first-order chi connectivity index (χ1) is 9.40. The predicted molar refractivity (Wildman–Crippen MR) is 68.0 cm³/mol. The van der Waals surface area contributed by atoms with Gasteiger partial charge in [0.05, 0.1) is 12.6 Å². The summed E-state index contributed by atoms with van der Waals surface area (Å²) in [6.07, 6.45) is -0.116. The maximum atomic E-state index is 12.9. The van der Waals surface area contributed by atoms with Crippen LogP contribution in [0.2, 0.25) is 0 Å². The van der Waals surface area contributed by atoms with Crippen LogP contribution in [0.5, 0.6) is 0 Å². The van der Waals surface area contributed by atoms with Crippen molar-refractivity contribution in [2.45, 2.75) is 19.4 Å². The molecule has 5 nitrogen and oxygen atoms in total. The van der Waals surface area contributed by atoms with E-state index in [0.717, 1.165) is 18.2 Å². The molecule has 1 rings (SSSR count). The van der Waals surface area contributed by atoms with Crippen molar-refractivity contribution in [3.8, 4) is 0 Å². The molecule has 0 fully saturated rings. The highest BCUT2D eigenvalue weighted by atomic mass is 19.2. The van der Waals surface area contributed by atoms with Crippen molar-refractivity contribution >= 4 is 11.8 Å². The zero-order chi connectivity index (χ0) is 15.1. The lowest BCUT2D eigenvalue weighted by molar-refractivity contribution is -0.120.